The minimum Gasteiger partial charge on any atom is -0.497 e. The van der Waals surface area contributed by atoms with Gasteiger partial charge >= 0.3 is 0 Å². The topological polar surface area (TPSA) is 91.8 Å². The first-order valence-corrected chi connectivity index (χ1v) is 8.75. The van der Waals surface area contributed by atoms with Gasteiger partial charge in [-0.2, -0.15) is 9.67 Å². The molecule has 2 aromatic heterocycles. The predicted molar refractivity (Wildman–Crippen MR) is 95.0 cm³/mol. The highest BCUT2D eigenvalue weighted by Gasteiger charge is 2.13. The average Bonchev–Trinajstić information content (AvgIpc) is 3.36. The molecule has 0 aliphatic carbocycles. The lowest BCUT2D eigenvalue weighted by Crippen LogP contribution is -1.98. The van der Waals surface area contributed by atoms with Crippen LogP contribution in [0.4, 0.5) is 0 Å². The van der Waals surface area contributed by atoms with Crippen molar-refractivity contribution in [1.82, 2.24) is 30.3 Å². The number of benzene rings is 2. The Hall–Kier alpha value is -3.20. The second kappa shape index (κ2) is 7.36. The summed E-state index contributed by atoms with van der Waals surface area (Å²) in [6.07, 6.45) is 0. The number of tetrazole rings is 1. The Morgan fingerprint density at radius 3 is 2.65 bits per heavy atom. The van der Waals surface area contributed by atoms with E-state index in [4.69, 9.17) is 9.26 Å². The second-order valence-electron chi connectivity index (χ2n) is 5.24. The summed E-state index contributed by atoms with van der Waals surface area (Å²) in [7, 11) is 1.63. The number of ether oxygens (including phenoxy) is 1. The van der Waals surface area contributed by atoms with Gasteiger partial charge in [0.15, 0.2) is 5.82 Å². The van der Waals surface area contributed by atoms with Gasteiger partial charge in [0.2, 0.25) is 5.16 Å². The molecule has 2 heterocycles. The molecule has 4 aromatic rings. The molecular formula is C17H14N6O2S. The van der Waals surface area contributed by atoms with Crippen LogP contribution < -0.4 is 4.74 Å². The lowest BCUT2D eigenvalue weighted by atomic mass is 10.2. The van der Waals surface area contributed by atoms with Crippen LogP contribution in [0.15, 0.2) is 64.3 Å². The summed E-state index contributed by atoms with van der Waals surface area (Å²) in [5.41, 5.74) is 1.73. The molecule has 0 atom stereocenters. The van der Waals surface area contributed by atoms with Crippen LogP contribution in [-0.4, -0.2) is 37.5 Å². The van der Waals surface area contributed by atoms with E-state index in [2.05, 4.69) is 25.7 Å². The second-order valence-corrected chi connectivity index (χ2v) is 6.18. The lowest BCUT2D eigenvalue weighted by molar-refractivity contribution is 0.414. The predicted octanol–water partition coefficient (Wildman–Crippen LogP) is 3.01. The summed E-state index contributed by atoms with van der Waals surface area (Å²) >= 11 is 1.44. The van der Waals surface area contributed by atoms with E-state index in [1.54, 1.807) is 11.8 Å². The van der Waals surface area contributed by atoms with Crippen LogP contribution in [0.5, 0.6) is 5.75 Å². The van der Waals surface area contributed by atoms with Crippen LogP contribution in [0, 0.1) is 0 Å². The van der Waals surface area contributed by atoms with Crippen molar-refractivity contribution >= 4 is 11.8 Å². The maximum atomic E-state index is 5.34. The molecule has 0 saturated carbocycles. The van der Waals surface area contributed by atoms with Crippen molar-refractivity contribution in [1.29, 1.82) is 0 Å². The van der Waals surface area contributed by atoms with Crippen molar-refractivity contribution in [3.8, 4) is 22.9 Å². The van der Waals surface area contributed by atoms with Gasteiger partial charge in [0.1, 0.15) is 5.75 Å². The fourth-order valence-corrected chi connectivity index (χ4v) is 3.03. The van der Waals surface area contributed by atoms with Crippen molar-refractivity contribution < 1.29 is 9.26 Å². The van der Waals surface area contributed by atoms with Crippen LogP contribution >= 0.6 is 11.8 Å². The zero-order valence-electron chi connectivity index (χ0n) is 13.8. The minimum absolute atomic E-state index is 0.464. The van der Waals surface area contributed by atoms with Crippen molar-refractivity contribution in [2.45, 2.75) is 10.9 Å². The number of hydrogen-bond donors (Lipinski definition) is 0. The van der Waals surface area contributed by atoms with Crippen molar-refractivity contribution in [2.75, 3.05) is 7.11 Å². The summed E-state index contributed by atoms with van der Waals surface area (Å²) in [5.74, 6) is 2.30. The normalized spacial score (nSPS) is 10.8. The Balaban J connectivity index is 1.46. The molecule has 2 aromatic carbocycles. The average molecular weight is 366 g/mol. The number of rotatable bonds is 6. The Labute approximate surface area is 153 Å². The van der Waals surface area contributed by atoms with E-state index in [1.165, 1.54) is 11.8 Å². The third-order valence-electron chi connectivity index (χ3n) is 3.58. The molecule has 0 unspecified atom stereocenters. The number of hydrogen-bond acceptors (Lipinski definition) is 8. The molecular weight excluding hydrogens is 352 g/mol. The number of para-hydroxylation sites is 1. The zero-order chi connectivity index (χ0) is 17.8. The zero-order valence-corrected chi connectivity index (χ0v) is 14.6. The quantitative estimate of drug-likeness (QED) is 0.481. The van der Waals surface area contributed by atoms with Crippen molar-refractivity contribution in [2.24, 2.45) is 0 Å². The van der Waals surface area contributed by atoms with E-state index in [0.717, 1.165) is 17.0 Å². The molecule has 8 nitrogen and oxygen atoms in total. The highest BCUT2D eigenvalue weighted by Crippen LogP contribution is 2.24. The molecule has 0 N–H and O–H groups in total. The third kappa shape index (κ3) is 3.42. The first-order valence-electron chi connectivity index (χ1n) is 7.77. The Bertz CT molecular complexity index is 984. The van der Waals surface area contributed by atoms with Gasteiger partial charge in [0.25, 0.3) is 5.89 Å². The standard InChI is InChI=1S/C17H14N6O2S/c1-24-14-9-7-12(8-10-14)16-18-15(20-25-16)11-26-17-19-21-22-23(17)13-5-3-2-4-6-13/h2-10H,11H2,1H3. The molecule has 0 aliphatic heterocycles. The molecule has 0 amide bonds. The maximum absolute atomic E-state index is 5.34. The SMILES string of the molecule is COc1ccc(-c2nc(CSc3nnnn3-c3ccccc3)no2)cc1. The fourth-order valence-electron chi connectivity index (χ4n) is 2.29. The maximum Gasteiger partial charge on any atom is 0.257 e. The van der Waals surface area contributed by atoms with Crippen LogP contribution in [-0.2, 0) is 5.75 Å². The summed E-state index contributed by atoms with van der Waals surface area (Å²) in [6.45, 7) is 0. The molecule has 0 fully saturated rings. The van der Waals surface area contributed by atoms with Crippen LogP contribution in [0.1, 0.15) is 5.82 Å². The van der Waals surface area contributed by atoms with Gasteiger partial charge in [-0.1, -0.05) is 35.1 Å². The Morgan fingerprint density at radius 2 is 1.88 bits per heavy atom. The van der Waals surface area contributed by atoms with Crippen molar-refractivity contribution in [3.05, 3.63) is 60.4 Å². The van der Waals surface area contributed by atoms with Gasteiger partial charge in [-0.3, -0.25) is 0 Å². The molecule has 130 valence electrons. The summed E-state index contributed by atoms with van der Waals surface area (Å²) in [5, 5.41) is 16.5. The third-order valence-corrected chi connectivity index (χ3v) is 4.49. The lowest BCUT2D eigenvalue weighted by Gasteiger charge is -2.02. The molecule has 4 rings (SSSR count). The number of aromatic nitrogens is 6. The van der Waals surface area contributed by atoms with Crippen LogP contribution in [0.2, 0.25) is 0 Å². The van der Waals surface area contributed by atoms with E-state index in [-0.39, 0.29) is 0 Å². The highest BCUT2D eigenvalue weighted by molar-refractivity contribution is 7.98. The van der Waals surface area contributed by atoms with E-state index < -0.39 is 0 Å². The van der Waals surface area contributed by atoms with E-state index in [0.29, 0.717) is 22.6 Å². The molecule has 0 spiro atoms. The first kappa shape index (κ1) is 16.3. The van der Waals surface area contributed by atoms with Gasteiger partial charge in [0.05, 0.1) is 18.6 Å². The number of methoxy groups -OCH3 is 1. The summed E-state index contributed by atoms with van der Waals surface area (Å²) in [4.78, 5) is 4.42. The van der Waals surface area contributed by atoms with Gasteiger partial charge in [-0.05, 0) is 46.8 Å². The van der Waals surface area contributed by atoms with E-state index in [1.807, 2.05) is 54.6 Å². The minimum atomic E-state index is 0.464. The smallest absolute Gasteiger partial charge is 0.257 e. The first-order chi connectivity index (χ1) is 12.8. The van der Waals surface area contributed by atoms with Gasteiger partial charge in [-0.15, -0.1) is 5.10 Å². The highest BCUT2D eigenvalue weighted by atomic mass is 32.2. The number of thioether (sulfide) groups is 1. The van der Waals surface area contributed by atoms with E-state index in [9.17, 15) is 0 Å². The fraction of sp³-hybridized carbons (Fsp3) is 0.118. The molecule has 0 bridgehead atoms. The summed E-state index contributed by atoms with van der Waals surface area (Å²) < 4.78 is 12.2. The van der Waals surface area contributed by atoms with E-state index >= 15 is 0 Å². The molecule has 9 heteroatoms. The Morgan fingerprint density at radius 1 is 1.08 bits per heavy atom. The Kier molecular flexibility index (Phi) is 4.61. The van der Waals surface area contributed by atoms with Gasteiger partial charge in [-0.25, -0.2) is 0 Å². The van der Waals surface area contributed by atoms with Crippen LogP contribution in [0.25, 0.3) is 17.1 Å². The summed E-state index contributed by atoms with van der Waals surface area (Å²) in [6, 6.07) is 17.1. The largest absolute Gasteiger partial charge is 0.497 e. The monoisotopic (exact) mass is 366 g/mol. The molecule has 0 saturated heterocycles. The number of nitrogens with zero attached hydrogens (tertiary/aromatic N) is 6. The van der Waals surface area contributed by atoms with Crippen molar-refractivity contribution in [3.63, 3.8) is 0 Å². The van der Waals surface area contributed by atoms with Gasteiger partial charge in [0, 0.05) is 5.56 Å². The molecule has 26 heavy (non-hydrogen) atoms. The molecule has 0 aliphatic rings. The van der Waals surface area contributed by atoms with Gasteiger partial charge < -0.3 is 9.26 Å². The molecule has 0 radical (unpaired) electrons. The van der Waals surface area contributed by atoms with Crippen LogP contribution in [0.3, 0.4) is 0 Å².